The third-order valence-electron chi connectivity index (χ3n) is 4.90. The van der Waals surface area contributed by atoms with Crippen LogP contribution in [-0.4, -0.2) is 38.9 Å². The summed E-state index contributed by atoms with van der Waals surface area (Å²) in [4.78, 5) is 8.88. The van der Waals surface area contributed by atoms with Gasteiger partial charge in [-0.2, -0.15) is 4.98 Å². The van der Waals surface area contributed by atoms with Crippen LogP contribution in [0.3, 0.4) is 0 Å². The number of nitrogen functional groups attached to an aromatic ring is 1. The Labute approximate surface area is 191 Å². The lowest BCUT2D eigenvalue weighted by molar-refractivity contribution is 0.356. The molecule has 0 spiro atoms. The van der Waals surface area contributed by atoms with Crippen LogP contribution < -0.4 is 25.2 Å². The molecule has 0 aliphatic carbocycles. The lowest BCUT2D eigenvalue weighted by Crippen LogP contribution is -2.10. The van der Waals surface area contributed by atoms with Crippen LogP contribution in [-0.2, 0) is 10.0 Å². The number of aromatic nitrogens is 2. The Hall–Kier alpha value is -4.05. The quantitative estimate of drug-likeness (QED) is 0.373. The summed E-state index contributed by atoms with van der Waals surface area (Å²) in [6, 6.07) is 18.1. The molecule has 0 radical (unpaired) electrons. The summed E-state index contributed by atoms with van der Waals surface area (Å²) in [6.07, 6.45) is 1.12. The van der Waals surface area contributed by atoms with Gasteiger partial charge in [-0.25, -0.2) is 13.4 Å². The van der Waals surface area contributed by atoms with Crippen LogP contribution in [0.2, 0.25) is 0 Å². The molecule has 0 atom stereocenters. The van der Waals surface area contributed by atoms with Crippen molar-refractivity contribution in [2.45, 2.75) is 0 Å². The van der Waals surface area contributed by atoms with Crippen LogP contribution in [0.4, 0.5) is 23.1 Å². The summed E-state index contributed by atoms with van der Waals surface area (Å²) in [5.41, 5.74) is 9.63. The van der Waals surface area contributed by atoms with Gasteiger partial charge >= 0.3 is 0 Å². The highest BCUT2D eigenvalue weighted by atomic mass is 32.2. The molecule has 0 unspecified atom stereocenters. The Morgan fingerprint density at radius 2 is 1.58 bits per heavy atom. The third-order valence-corrected chi connectivity index (χ3v) is 5.50. The van der Waals surface area contributed by atoms with E-state index in [1.54, 1.807) is 38.5 Å². The zero-order valence-electron chi connectivity index (χ0n) is 18.3. The van der Waals surface area contributed by atoms with Gasteiger partial charge in [0.25, 0.3) is 0 Å². The molecule has 1 heterocycles. The van der Waals surface area contributed by atoms with Gasteiger partial charge in [0, 0.05) is 22.7 Å². The molecular weight excluding hydrogens is 442 g/mol. The Kier molecular flexibility index (Phi) is 5.93. The fraction of sp³-hybridized carbons (Fsp3) is 0.130. The fourth-order valence-corrected chi connectivity index (χ4v) is 4.00. The van der Waals surface area contributed by atoms with Crippen LogP contribution >= 0.6 is 0 Å². The lowest BCUT2D eigenvalue weighted by Gasteiger charge is -2.13. The molecule has 0 fully saturated rings. The second kappa shape index (κ2) is 8.83. The third kappa shape index (κ3) is 4.90. The van der Waals surface area contributed by atoms with Gasteiger partial charge in [-0.05, 0) is 29.8 Å². The normalized spacial score (nSPS) is 11.2. The van der Waals surface area contributed by atoms with Crippen molar-refractivity contribution in [2.75, 3.05) is 36.2 Å². The van der Waals surface area contributed by atoms with Crippen molar-refractivity contribution in [3.63, 3.8) is 0 Å². The van der Waals surface area contributed by atoms with E-state index in [0.717, 1.165) is 23.1 Å². The largest absolute Gasteiger partial charge is 0.493 e. The number of sulfonamides is 1. The summed E-state index contributed by atoms with van der Waals surface area (Å²) in [7, 11) is -0.290. The molecule has 0 aliphatic heterocycles. The van der Waals surface area contributed by atoms with Gasteiger partial charge in [0.15, 0.2) is 11.5 Å². The minimum atomic E-state index is -3.40. The van der Waals surface area contributed by atoms with Crippen LogP contribution in [0.25, 0.3) is 22.0 Å². The van der Waals surface area contributed by atoms with Crippen molar-refractivity contribution in [3.8, 4) is 22.6 Å². The molecule has 4 aromatic rings. The van der Waals surface area contributed by atoms with Gasteiger partial charge in [0.1, 0.15) is 5.82 Å². The molecule has 3 aromatic carbocycles. The van der Waals surface area contributed by atoms with E-state index in [1.165, 1.54) is 0 Å². The van der Waals surface area contributed by atoms with Crippen molar-refractivity contribution in [3.05, 3.63) is 60.7 Å². The number of anilines is 4. The number of para-hydroxylation sites is 1. The first-order chi connectivity index (χ1) is 15.8. The SMILES string of the molecule is COc1cc2nc(Nc3ccc(-c4ccccc4NS(C)(=O)=O)cc3)nc(N)c2cc1OC. The maximum absolute atomic E-state index is 11.7. The molecule has 0 saturated carbocycles. The van der Waals surface area contributed by atoms with Crippen molar-refractivity contribution in [1.29, 1.82) is 0 Å². The highest BCUT2D eigenvalue weighted by Gasteiger charge is 2.13. The molecule has 4 rings (SSSR count). The summed E-state index contributed by atoms with van der Waals surface area (Å²) < 4.78 is 36.6. The minimum Gasteiger partial charge on any atom is -0.493 e. The second-order valence-corrected chi connectivity index (χ2v) is 9.03. The number of rotatable bonds is 7. The smallest absolute Gasteiger partial charge is 0.229 e. The number of ether oxygens (including phenoxy) is 2. The summed E-state index contributed by atoms with van der Waals surface area (Å²) in [5, 5.41) is 3.80. The molecule has 170 valence electrons. The monoisotopic (exact) mass is 465 g/mol. The molecule has 9 nitrogen and oxygen atoms in total. The van der Waals surface area contributed by atoms with Gasteiger partial charge in [-0.3, -0.25) is 4.72 Å². The van der Waals surface area contributed by atoms with Crippen molar-refractivity contribution >= 4 is 44.1 Å². The van der Waals surface area contributed by atoms with E-state index in [1.807, 2.05) is 36.4 Å². The van der Waals surface area contributed by atoms with Crippen molar-refractivity contribution in [1.82, 2.24) is 9.97 Å². The van der Waals surface area contributed by atoms with E-state index in [4.69, 9.17) is 15.2 Å². The van der Waals surface area contributed by atoms with Crippen molar-refractivity contribution in [2.24, 2.45) is 0 Å². The Bertz CT molecular complexity index is 1420. The van der Waals surface area contributed by atoms with E-state index in [2.05, 4.69) is 20.0 Å². The van der Waals surface area contributed by atoms with E-state index >= 15 is 0 Å². The first-order valence-electron chi connectivity index (χ1n) is 9.91. The predicted molar refractivity (Wildman–Crippen MR) is 131 cm³/mol. The van der Waals surface area contributed by atoms with E-state index in [-0.39, 0.29) is 0 Å². The summed E-state index contributed by atoms with van der Waals surface area (Å²) in [5.74, 6) is 1.72. The van der Waals surface area contributed by atoms with Gasteiger partial charge in [0.05, 0.1) is 31.7 Å². The maximum atomic E-state index is 11.7. The maximum Gasteiger partial charge on any atom is 0.229 e. The average molecular weight is 466 g/mol. The lowest BCUT2D eigenvalue weighted by atomic mass is 10.0. The topological polar surface area (TPSA) is 128 Å². The molecule has 0 aliphatic rings. The number of methoxy groups -OCH3 is 2. The van der Waals surface area contributed by atoms with Gasteiger partial charge in [0.2, 0.25) is 16.0 Å². The zero-order chi connectivity index (χ0) is 23.6. The van der Waals surface area contributed by atoms with Crippen LogP contribution in [0, 0.1) is 0 Å². The van der Waals surface area contributed by atoms with Crippen LogP contribution in [0.1, 0.15) is 0 Å². The van der Waals surface area contributed by atoms with Crippen LogP contribution in [0.15, 0.2) is 60.7 Å². The molecule has 1 aromatic heterocycles. The highest BCUT2D eigenvalue weighted by Crippen LogP contribution is 2.34. The number of fused-ring (bicyclic) bond motifs is 1. The second-order valence-electron chi connectivity index (χ2n) is 7.28. The van der Waals surface area contributed by atoms with E-state index in [0.29, 0.717) is 39.9 Å². The van der Waals surface area contributed by atoms with E-state index < -0.39 is 10.0 Å². The molecule has 33 heavy (non-hydrogen) atoms. The standard InChI is InChI=1S/C23H23N5O4S/c1-31-20-12-17-19(13-21(20)32-2)26-23(27-22(17)24)25-15-10-8-14(9-11-15)16-6-4-5-7-18(16)28-33(3,29)30/h4-13,28H,1-3H3,(H3,24,25,26,27). The van der Waals surface area contributed by atoms with Gasteiger partial charge in [-0.1, -0.05) is 30.3 Å². The van der Waals surface area contributed by atoms with Gasteiger partial charge in [-0.15, -0.1) is 0 Å². The van der Waals surface area contributed by atoms with E-state index in [9.17, 15) is 8.42 Å². The number of nitrogens with zero attached hydrogens (tertiary/aromatic N) is 2. The predicted octanol–water partition coefficient (Wildman–Crippen LogP) is 4.01. The molecule has 0 saturated heterocycles. The number of hydrogen-bond donors (Lipinski definition) is 3. The highest BCUT2D eigenvalue weighted by molar-refractivity contribution is 7.92. The Morgan fingerprint density at radius 1 is 0.909 bits per heavy atom. The first-order valence-corrected chi connectivity index (χ1v) is 11.8. The fourth-order valence-electron chi connectivity index (χ4n) is 3.42. The summed E-state index contributed by atoms with van der Waals surface area (Å²) >= 11 is 0. The Balaban J connectivity index is 1.63. The van der Waals surface area contributed by atoms with Crippen molar-refractivity contribution < 1.29 is 17.9 Å². The number of nitrogens with two attached hydrogens (primary N) is 1. The number of hydrogen-bond acceptors (Lipinski definition) is 8. The molecular formula is C23H23N5O4S. The first kappa shape index (κ1) is 22.2. The molecule has 4 N–H and O–H groups in total. The number of nitrogens with one attached hydrogen (secondary N) is 2. The Morgan fingerprint density at radius 3 is 2.24 bits per heavy atom. The number of benzene rings is 3. The minimum absolute atomic E-state index is 0.306. The molecule has 10 heteroatoms. The summed E-state index contributed by atoms with van der Waals surface area (Å²) in [6.45, 7) is 0. The molecule has 0 bridgehead atoms. The zero-order valence-corrected chi connectivity index (χ0v) is 19.1. The van der Waals surface area contributed by atoms with Crippen LogP contribution in [0.5, 0.6) is 11.5 Å². The van der Waals surface area contributed by atoms with Gasteiger partial charge < -0.3 is 20.5 Å². The molecule has 0 amide bonds. The average Bonchev–Trinajstić information content (AvgIpc) is 2.78.